The van der Waals surface area contributed by atoms with Crippen LogP contribution in [0.4, 0.5) is 14.9 Å². The van der Waals surface area contributed by atoms with Gasteiger partial charge in [-0.3, -0.25) is 4.90 Å². The lowest BCUT2D eigenvalue weighted by atomic mass is 9.86. The molecule has 157 valence electrons. The molecule has 1 aliphatic rings. The average Bonchev–Trinajstić information content (AvgIpc) is 3.25. The monoisotopic (exact) mass is 420 g/mol. The van der Waals surface area contributed by atoms with Crippen LogP contribution in [-0.4, -0.2) is 49.3 Å². The minimum absolute atomic E-state index is 0.127. The van der Waals surface area contributed by atoms with Gasteiger partial charge in [0, 0.05) is 11.8 Å². The Hall–Kier alpha value is -2.23. The highest BCUT2D eigenvalue weighted by Crippen LogP contribution is 2.37. The molecule has 9 heteroatoms. The molecule has 1 fully saturated rings. The molecule has 1 aromatic carbocycles. The second-order valence-corrected chi connectivity index (χ2v) is 10.5. The molecule has 1 amide bonds. The van der Waals surface area contributed by atoms with Crippen molar-refractivity contribution in [2.45, 2.75) is 46.1 Å². The maximum atomic E-state index is 14.8. The molecule has 1 aliphatic heterocycles. The molecule has 7 nitrogen and oxygen atoms in total. The zero-order valence-corrected chi connectivity index (χ0v) is 18.3. The summed E-state index contributed by atoms with van der Waals surface area (Å²) in [6, 6.07) is 4.48. The molecule has 0 saturated carbocycles. The van der Waals surface area contributed by atoms with E-state index in [1.165, 1.54) is 15.6 Å². The molecule has 2 atom stereocenters. The van der Waals surface area contributed by atoms with Gasteiger partial charge in [0.1, 0.15) is 11.8 Å². The molecule has 1 aromatic heterocycles. The standard InChI is InChI=1S/C20H27FN3O4Si/c1-20(2,3)18(28-29(4)5)13-9-22-24(10-13)17-7-6-14(8-16(17)21)23-11-15(12-25)27-19(23)26/h6-10,15,18,25H,11-12H2,1-5H3. The molecule has 1 saturated heterocycles. The maximum Gasteiger partial charge on any atom is 0.414 e. The average molecular weight is 421 g/mol. The first-order valence-corrected chi connectivity index (χ1v) is 11.9. The van der Waals surface area contributed by atoms with Crippen molar-refractivity contribution in [1.82, 2.24) is 9.78 Å². The molecule has 0 spiro atoms. The van der Waals surface area contributed by atoms with E-state index in [4.69, 9.17) is 14.3 Å². The van der Waals surface area contributed by atoms with Crippen molar-refractivity contribution in [3.8, 4) is 5.69 Å². The van der Waals surface area contributed by atoms with Gasteiger partial charge in [-0.05, 0) is 36.7 Å². The third-order valence-electron chi connectivity index (χ3n) is 4.61. The summed E-state index contributed by atoms with van der Waals surface area (Å²) in [6.07, 6.45) is 2.15. The summed E-state index contributed by atoms with van der Waals surface area (Å²) in [4.78, 5) is 13.2. The number of anilines is 1. The number of aromatic nitrogens is 2. The Balaban J connectivity index is 1.86. The number of amides is 1. The van der Waals surface area contributed by atoms with Crippen molar-refractivity contribution in [2.24, 2.45) is 5.41 Å². The molecular weight excluding hydrogens is 393 g/mol. The minimum atomic E-state index is -0.931. The molecular formula is C20H27FN3O4Si. The van der Waals surface area contributed by atoms with Crippen LogP contribution in [0.25, 0.3) is 5.69 Å². The fourth-order valence-corrected chi connectivity index (χ4v) is 4.22. The van der Waals surface area contributed by atoms with Gasteiger partial charge in [-0.2, -0.15) is 5.10 Å². The number of carbonyl (C=O) groups is 1. The van der Waals surface area contributed by atoms with E-state index in [1.54, 1.807) is 24.5 Å². The van der Waals surface area contributed by atoms with Gasteiger partial charge in [0.25, 0.3) is 0 Å². The topological polar surface area (TPSA) is 76.8 Å². The number of aliphatic hydroxyl groups is 1. The van der Waals surface area contributed by atoms with Crippen molar-refractivity contribution in [1.29, 1.82) is 0 Å². The van der Waals surface area contributed by atoms with Gasteiger partial charge in [-0.15, -0.1) is 0 Å². The Bertz CT molecular complexity index is 881. The van der Waals surface area contributed by atoms with E-state index in [0.29, 0.717) is 5.69 Å². The fourth-order valence-electron chi connectivity index (χ4n) is 3.26. The van der Waals surface area contributed by atoms with Gasteiger partial charge in [0.05, 0.1) is 31.1 Å². The second kappa shape index (κ2) is 8.25. The predicted molar refractivity (Wildman–Crippen MR) is 109 cm³/mol. The molecule has 2 heterocycles. The highest BCUT2D eigenvalue weighted by atomic mass is 28.3. The van der Waals surface area contributed by atoms with Gasteiger partial charge >= 0.3 is 6.09 Å². The highest BCUT2D eigenvalue weighted by molar-refractivity contribution is 6.48. The predicted octanol–water partition coefficient (Wildman–Crippen LogP) is 3.68. The lowest BCUT2D eigenvalue weighted by Gasteiger charge is -2.31. The number of aliphatic hydroxyl groups excluding tert-OH is 1. The Morgan fingerprint density at radius 1 is 1.41 bits per heavy atom. The van der Waals surface area contributed by atoms with Crippen LogP contribution in [0.15, 0.2) is 30.6 Å². The van der Waals surface area contributed by atoms with Gasteiger partial charge < -0.3 is 14.3 Å². The summed E-state index contributed by atoms with van der Waals surface area (Å²) in [5.41, 5.74) is 1.41. The zero-order chi connectivity index (χ0) is 21.3. The van der Waals surface area contributed by atoms with Crippen LogP contribution in [0.5, 0.6) is 0 Å². The molecule has 1 N–H and O–H groups in total. The third-order valence-corrected chi connectivity index (χ3v) is 5.32. The summed E-state index contributed by atoms with van der Waals surface area (Å²) in [5.74, 6) is -0.513. The van der Waals surface area contributed by atoms with Crippen LogP contribution in [0, 0.1) is 11.2 Å². The third kappa shape index (κ3) is 4.68. The number of ether oxygens (including phenoxy) is 1. The molecule has 1 radical (unpaired) electrons. The van der Waals surface area contributed by atoms with Crippen LogP contribution >= 0.6 is 0 Å². The van der Waals surface area contributed by atoms with Gasteiger partial charge in [0.15, 0.2) is 5.82 Å². The van der Waals surface area contributed by atoms with Crippen molar-refractivity contribution >= 4 is 20.8 Å². The summed E-state index contributed by atoms with van der Waals surface area (Å²) < 4.78 is 27.5. The number of halogens is 1. The number of hydrogen-bond acceptors (Lipinski definition) is 5. The number of cyclic esters (lactones) is 1. The number of carbonyl (C=O) groups excluding carboxylic acids is 1. The Kier molecular flexibility index (Phi) is 6.11. The van der Waals surface area contributed by atoms with E-state index in [1.807, 2.05) is 0 Å². The first-order chi connectivity index (χ1) is 13.6. The van der Waals surface area contributed by atoms with Crippen LogP contribution in [0.3, 0.4) is 0 Å². The van der Waals surface area contributed by atoms with Crippen molar-refractivity contribution in [3.05, 3.63) is 42.0 Å². The molecule has 29 heavy (non-hydrogen) atoms. The molecule has 2 aromatic rings. The number of hydrogen-bond donors (Lipinski definition) is 1. The normalized spacial score (nSPS) is 18.4. The Morgan fingerprint density at radius 3 is 2.69 bits per heavy atom. The number of rotatable bonds is 6. The fraction of sp³-hybridized carbons (Fsp3) is 0.500. The first-order valence-electron chi connectivity index (χ1n) is 9.50. The highest BCUT2D eigenvalue weighted by Gasteiger charge is 2.32. The smallest absolute Gasteiger partial charge is 0.414 e. The number of benzene rings is 1. The van der Waals surface area contributed by atoms with Crippen molar-refractivity contribution in [2.75, 3.05) is 18.1 Å². The summed E-state index contributed by atoms with van der Waals surface area (Å²) >= 11 is 0. The quantitative estimate of drug-likeness (QED) is 0.722. The van der Waals surface area contributed by atoms with Gasteiger partial charge in [-0.25, -0.2) is 13.9 Å². The van der Waals surface area contributed by atoms with Crippen LogP contribution in [0.1, 0.15) is 32.4 Å². The minimum Gasteiger partial charge on any atom is -0.441 e. The van der Waals surface area contributed by atoms with Crippen molar-refractivity contribution < 1.29 is 23.5 Å². The van der Waals surface area contributed by atoms with Crippen LogP contribution < -0.4 is 4.90 Å². The Labute approximate surface area is 171 Å². The lowest BCUT2D eigenvalue weighted by molar-refractivity contribution is 0.0866. The van der Waals surface area contributed by atoms with E-state index in [2.05, 4.69) is 39.0 Å². The van der Waals surface area contributed by atoms with E-state index in [-0.39, 0.29) is 30.4 Å². The van der Waals surface area contributed by atoms with Crippen LogP contribution in [0.2, 0.25) is 13.1 Å². The van der Waals surface area contributed by atoms with Crippen molar-refractivity contribution in [3.63, 3.8) is 0 Å². The molecule has 0 aliphatic carbocycles. The van der Waals surface area contributed by atoms with E-state index in [9.17, 15) is 9.18 Å². The Morgan fingerprint density at radius 2 is 2.14 bits per heavy atom. The van der Waals surface area contributed by atoms with E-state index >= 15 is 0 Å². The van der Waals surface area contributed by atoms with Gasteiger partial charge in [0.2, 0.25) is 9.04 Å². The largest absolute Gasteiger partial charge is 0.441 e. The first kappa shape index (κ1) is 21.5. The molecule has 0 bridgehead atoms. The summed E-state index contributed by atoms with van der Waals surface area (Å²) in [6.45, 7) is 10.4. The summed E-state index contributed by atoms with van der Waals surface area (Å²) in [7, 11) is -0.931. The van der Waals surface area contributed by atoms with E-state index < -0.39 is 27.1 Å². The maximum absolute atomic E-state index is 14.8. The second-order valence-electron chi connectivity index (χ2n) is 8.43. The molecule has 3 rings (SSSR count). The zero-order valence-electron chi connectivity index (χ0n) is 17.3. The SMILES string of the molecule is C[Si](C)OC(c1cnn(-c2ccc(N3CC(CO)OC3=O)cc2F)c1)C(C)(C)C. The lowest BCUT2D eigenvalue weighted by Crippen LogP contribution is -2.25. The van der Waals surface area contributed by atoms with E-state index in [0.717, 1.165) is 5.56 Å². The molecule has 2 unspecified atom stereocenters. The summed E-state index contributed by atoms with van der Waals surface area (Å²) in [5, 5.41) is 13.5. The van der Waals surface area contributed by atoms with Gasteiger partial charge in [-0.1, -0.05) is 20.8 Å². The number of nitrogens with zero attached hydrogens (tertiary/aromatic N) is 3. The van der Waals surface area contributed by atoms with Crippen LogP contribution in [-0.2, 0) is 9.16 Å².